The molecule has 0 spiro atoms. The van der Waals surface area contributed by atoms with Gasteiger partial charge in [-0.05, 0) is 0 Å². The highest BCUT2D eigenvalue weighted by molar-refractivity contribution is 0.878. The molecule has 0 unspecified atom stereocenters. The van der Waals surface area contributed by atoms with Crippen molar-refractivity contribution in [2.45, 2.75) is 0 Å². The molecule has 55 nitrogen and oxygen atoms in total. The van der Waals surface area contributed by atoms with E-state index in [2.05, 4.69) is 0 Å². The molecule has 55 heavy (non-hydrogen) atoms. The van der Waals surface area contributed by atoms with Gasteiger partial charge in [0, 0.05) is 0 Å². The van der Waals surface area contributed by atoms with E-state index in [1.54, 1.807) is 0 Å². The quantitative estimate of drug-likeness (QED) is 0.218. The summed E-state index contributed by atoms with van der Waals surface area (Å²) in [6, 6.07) is 0. The van der Waals surface area contributed by atoms with Crippen molar-refractivity contribution < 1.29 is 301 Å². The molecule has 440 valence electrons. The molecule has 0 aromatic carbocycles. The Labute approximate surface area is 303 Å². The molecule has 0 aliphatic rings. The Kier molecular flexibility index (Phi) is 14700000. The Morgan fingerprint density at radius 1 is 0.0182 bits per heavy atom. The highest BCUT2D eigenvalue weighted by Gasteiger charge is -0.358. The molecule has 0 atom stereocenters. The number of rotatable bonds is 0. The minimum absolute atomic E-state index is 0. The highest BCUT2D eigenvalue weighted by atomic mass is 16.1. The first-order valence-corrected chi connectivity index (χ1v) is 0. The van der Waals surface area contributed by atoms with Crippen LogP contribution in [0.3, 0.4) is 0 Å². The van der Waals surface area contributed by atoms with Gasteiger partial charge in [0.15, 0.2) is 0 Å². The van der Waals surface area contributed by atoms with Crippen LogP contribution in [-0.2, 0) is 0 Å². The molecule has 0 fully saturated rings. The van der Waals surface area contributed by atoms with Crippen LogP contribution in [0.15, 0.2) is 0 Å². The van der Waals surface area contributed by atoms with Gasteiger partial charge in [0.25, 0.3) is 0 Å². The maximum atomic E-state index is 0. The van der Waals surface area contributed by atoms with Crippen LogP contribution < -0.4 is 0 Å². The average Bonchev–Trinajstić information content (AvgIpc) is 0. The summed E-state index contributed by atoms with van der Waals surface area (Å²) < 4.78 is 0. The SMILES string of the molecule is O.O.O.O.O.O.O.O.O.O.O.O.O.O.O.O.O.O.O.O.O.O.O.O.O.O.O.O.O.O.O.O.O.O.O.O.O.O.O.O.O.O.O.O.O.O.O.O.O.O.O.O.O.O.O. The van der Waals surface area contributed by atoms with Crippen LogP contribution in [0.5, 0.6) is 0 Å². The first-order chi connectivity index (χ1) is 0. The maximum absolute atomic E-state index is 0. The molecule has 0 saturated carbocycles. The van der Waals surface area contributed by atoms with Crippen molar-refractivity contribution in [3.63, 3.8) is 0 Å². The molecule has 0 aliphatic carbocycles. The molecule has 110 N–H and O–H groups in total. The molecule has 0 rings (SSSR count). The molecule has 0 amide bonds. The van der Waals surface area contributed by atoms with Gasteiger partial charge in [-0.1, -0.05) is 0 Å². The highest BCUT2D eigenvalue weighted by Crippen LogP contribution is -0.235. The molecule has 0 aromatic heterocycles. The maximum Gasteiger partial charge on any atom is -0.412 e. The van der Waals surface area contributed by atoms with E-state index in [0.717, 1.165) is 0 Å². The lowest BCUT2D eigenvalue weighted by Crippen LogP contribution is -0.290. The van der Waals surface area contributed by atoms with Crippen LogP contribution >= 0.6 is 0 Å². The fraction of sp³-hybridized carbons (Fsp3) is 0. The lowest BCUT2D eigenvalue weighted by atomic mass is 16.0. The van der Waals surface area contributed by atoms with Gasteiger partial charge in [-0.25, -0.2) is 0 Å². The fourth-order valence-electron chi connectivity index (χ4n) is 0. The summed E-state index contributed by atoms with van der Waals surface area (Å²) in [5.74, 6) is 0. The Hall–Kier alpha value is -2.20. The predicted octanol–water partition coefficient (Wildman–Crippen LogP) is -45.4. The van der Waals surface area contributed by atoms with Crippen LogP contribution in [-0.4, -0.2) is 301 Å². The second-order valence-corrected chi connectivity index (χ2v) is 0. The van der Waals surface area contributed by atoms with Gasteiger partial charge < -0.3 is 301 Å². The predicted molar refractivity (Wildman–Crippen MR) is 199 cm³/mol. The van der Waals surface area contributed by atoms with Gasteiger partial charge in [0.2, 0.25) is 0 Å². The molecular formula is H110O55. The van der Waals surface area contributed by atoms with E-state index in [9.17, 15) is 0 Å². The number of hydrogen-bond acceptors (Lipinski definition) is 0. The van der Waals surface area contributed by atoms with Crippen LogP contribution in [0, 0.1) is 0 Å². The van der Waals surface area contributed by atoms with E-state index in [1.165, 1.54) is 0 Å². The average molecular weight is 991 g/mol. The van der Waals surface area contributed by atoms with Gasteiger partial charge in [-0.3, -0.25) is 0 Å². The molecular weight excluding hydrogens is 880 g/mol. The third-order valence-electron chi connectivity index (χ3n) is 0. The van der Waals surface area contributed by atoms with Crippen molar-refractivity contribution in [1.82, 2.24) is 0 Å². The van der Waals surface area contributed by atoms with Crippen molar-refractivity contribution in [2.75, 3.05) is 0 Å². The monoisotopic (exact) mass is 991 g/mol. The van der Waals surface area contributed by atoms with Gasteiger partial charge in [0.1, 0.15) is 0 Å². The zero-order valence-electron chi connectivity index (χ0n) is 27.5. The van der Waals surface area contributed by atoms with Gasteiger partial charge in [-0.15, -0.1) is 0 Å². The van der Waals surface area contributed by atoms with Crippen molar-refractivity contribution >= 4 is 0 Å². The minimum atomic E-state index is 0. The van der Waals surface area contributed by atoms with E-state index in [0.29, 0.717) is 0 Å². The van der Waals surface area contributed by atoms with Gasteiger partial charge >= 0.3 is 0 Å². The fourth-order valence-corrected chi connectivity index (χ4v) is 0. The lowest BCUT2D eigenvalue weighted by Gasteiger charge is -0.413. The lowest BCUT2D eigenvalue weighted by molar-refractivity contribution is 0.823. The van der Waals surface area contributed by atoms with Crippen molar-refractivity contribution in [3.05, 3.63) is 0 Å². The topological polar surface area (TPSA) is 1730 Å². The smallest absolute Gasteiger partial charge is 0.412 e. The molecule has 0 aromatic rings. The van der Waals surface area contributed by atoms with Crippen LogP contribution in [0.2, 0.25) is 0 Å². The summed E-state index contributed by atoms with van der Waals surface area (Å²) >= 11 is 0. The van der Waals surface area contributed by atoms with E-state index < -0.39 is 0 Å². The van der Waals surface area contributed by atoms with Crippen LogP contribution in [0.1, 0.15) is 0 Å². The summed E-state index contributed by atoms with van der Waals surface area (Å²) in [5, 5.41) is 0. The molecule has 0 heterocycles. The zero-order chi connectivity index (χ0) is 0. The van der Waals surface area contributed by atoms with Crippen molar-refractivity contribution in [1.29, 1.82) is 0 Å². The van der Waals surface area contributed by atoms with Crippen LogP contribution in [0.25, 0.3) is 0 Å². The third kappa shape index (κ3) is 26500. The standard InChI is InChI=1S/55H2O/h55*1H2. The van der Waals surface area contributed by atoms with E-state index >= 15 is 0 Å². The number of hydrogen-bond donors (Lipinski definition) is 0. The summed E-state index contributed by atoms with van der Waals surface area (Å²) in [7, 11) is 0. The summed E-state index contributed by atoms with van der Waals surface area (Å²) in [6.45, 7) is 0. The Bertz CT molecular complexity index is 0. The normalized spacial score (nSPS) is 0. The molecule has 0 radical (unpaired) electrons. The van der Waals surface area contributed by atoms with Gasteiger partial charge in [-0.2, -0.15) is 0 Å². The van der Waals surface area contributed by atoms with E-state index in [1.807, 2.05) is 0 Å². The summed E-state index contributed by atoms with van der Waals surface area (Å²) in [6.07, 6.45) is 0. The Morgan fingerprint density at radius 3 is 0.0182 bits per heavy atom. The summed E-state index contributed by atoms with van der Waals surface area (Å²) in [4.78, 5) is 0. The van der Waals surface area contributed by atoms with Crippen molar-refractivity contribution in [2.24, 2.45) is 0 Å². The second-order valence-electron chi connectivity index (χ2n) is 0. The van der Waals surface area contributed by atoms with E-state index in [-0.39, 0.29) is 301 Å². The third-order valence-corrected chi connectivity index (χ3v) is 0. The Balaban J connectivity index is 0. The minimum Gasteiger partial charge on any atom is -0.412 e. The largest absolute Gasteiger partial charge is 0.412 e. The molecule has 0 aliphatic heterocycles. The molecule has 55 heteroatoms. The van der Waals surface area contributed by atoms with Gasteiger partial charge in [0.05, 0.1) is 0 Å². The first kappa shape index (κ1) is 29300. The zero-order valence-corrected chi connectivity index (χ0v) is 27.5. The first-order valence-electron chi connectivity index (χ1n) is 0. The van der Waals surface area contributed by atoms with E-state index in [4.69, 9.17) is 0 Å². The van der Waals surface area contributed by atoms with Crippen LogP contribution in [0.4, 0.5) is 0 Å². The second kappa shape index (κ2) is 27600. The Morgan fingerprint density at radius 2 is 0.0182 bits per heavy atom. The molecule has 0 saturated heterocycles. The molecule has 0 bridgehead atoms. The summed E-state index contributed by atoms with van der Waals surface area (Å²) in [5.41, 5.74) is 0. The van der Waals surface area contributed by atoms with Crippen molar-refractivity contribution in [3.8, 4) is 0 Å².